The van der Waals surface area contributed by atoms with Crippen molar-refractivity contribution in [3.63, 3.8) is 0 Å². The summed E-state index contributed by atoms with van der Waals surface area (Å²) in [4.78, 5) is 18.7. The normalized spacial score (nSPS) is 20.7. The van der Waals surface area contributed by atoms with Crippen molar-refractivity contribution in [2.75, 3.05) is 19.0 Å². The first-order valence-electron chi connectivity index (χ1n) is 6.99. The van der Waals surface area contributed by atoms with Gasteiger partial charge in [-0.15, -0.1) is 0 Å². The van der Waals surface area contributed by atoms with Crippen LogP contribution in [0.3, 0.4) is 0 Å². The maximum atomic E-state index is 12.1. The summed E-state index contributed by atoms with van der Waals surface area (Å²) in [6.07, 6.45) is 1.50. The standard InChI is InChI=1S/C17H21N3O/c1-10-8-13(20(4)5)6-7-14(10)19-17-12(3)16(18)11(2)9-15(17)21/h6-9,12,18H,1-5H3. The van der Waals surface area contributed by atoms with Gasteiger partial charge in [0.05, 0.1) is 11.4 Å². The second-order valence-corrected chi connectivity index (χ2v) is 5.69. The van der Waals surface area contributed by atoms with E-state index in [-0.39, 0.29) is 11.7 Å². The van der Waals surface area contributed by atoms with E-state index >= 15 is 0 Å². The van der Waals surface area contributed by atoms with Gasteiger partial charge in [-0.1, -0.05) is 6.92 Å². The lowest BCUT2D eigenvalue weighted by atomic mass is 9.86. The predicted molar refractivity (Wildman–Crippen MR) is 88.3 cm³/mol. The molecule has 1 aliphatic carbocycles. The van der Waals surface area contributed by atoms with Gasteiger partial charge >= 0.3 is 0 Å². The van der Waals surface area contributed by atoms with Crippen LogP contribution >= 0.6 is 0 Å². The van der Waals surface area contributed by atoms with E-state index in [9.17, 15) is 4.79 Å². The summed E-state index contributed by atoms with van der Waals surface area (Å²) in [6.45, 7) is 5.64. The van der Waals surface area contributed by atoms with Crippen LogP contribution in [0.2, 0.25) is 0 Å². The Bertz CT molecular complexity index is 669. The molecule has 0 saturated carbocycles. The molecular formula is C17H21N3O. The van der Waals surface area contributed by atoms with Crippen LogP contribution in [0.25, 0.3) is 0 Å². The fourth-order valence-electron chi connectivity index (χ4n) is 2.36. The lowest BCUT2D eigenvalue weighted by Gasteiger charge is -2.20. The number of carbonyl (C=O) groups is 1. The Morgan fingerprint density at radius 3 is 2.48 bits per heavy atom. The van der Waals surface area contributed by atoms with Gasteiger partial charge in [0.1, 0.15) is 0 Å². The van der Waals surface area contributed by atoms with Crippen LogP contribution in [-0.4, -0.2) is 31.3 Å². The molecule has 4 nitrogen and oxygen atoms in total. The maximum Gasteiger partial charge on any atom is 0.201 e. The first-order chi connectivity index (χ1) is 9.81. The van der Waals surface area contributed by atoms with E-state index < -0.39 is 0 Å². The Morgan fingerprint density at radius 1 is 1.24 bits per heavy atom. The number of rotatable bonds is 2. The number of hydrogen-bond donors (Lipinski definition) is 1. The van der Waals surface area contributed by atoms with Gasteiger partial charge in [-0.05, 0) is 49.3 Å². The molecule has 2 rings (SSSR count). The van der Waals surface area contributed by atoms with Crippen LogP contribution in [0.15, 0.2) is 34.8 Å². The zero-order valence-corrected chi connectivity index (χ0v) is 13.2. The number of allylic oxidation sites excluding steroid dienone is 2. The highest BCUT2D eigenvalue weighted by atomic mass is 16.1. The molecule has 0 aliphatic heterocycles. The van der Waals surface area contributed by atoms with E-state index in [0.717, 1.165) is 22.5 Å². The van der Waals surface area contributed by atoms with E-state index in [4.69, 9.17) is 5.41 Å². The lowest BCUT2D eigenvalue weighted by Crippen LogP contribution is -2.32. The van der Waals surface area contributed by atoms with Gasteiger partial charge in [-0.25, -0.2) is 4.99 Å². The van der Waals surface area contributed by atoms with Gasteiger partial charge in [-0.3, -0.25) is 4.79 Å². The lowest BCUT2D eigenvalue weighted by molar-refractivity contribution is -0.109. The third-order valence-electron chi connectivity index (χ3n) is 3.81. The zero-order chi connectivity index (χ0) is 15.7. The number of carbonyl (C=O) groups excluding carboxylic acids is 1. The monoisotopic (exact) mass is 283 g/mol. The minimum atomic E-state index is -0.254. The van der Waals surface area contributed by atoms with Gasteiger partial charge in [0.25, 0.3) is 0 Å². The SMILES string of the molecule is CC1=CC(=O)C(=Nc2ccc(N(C)C)cc2C)C(C)C1=N. The molecule has 1 unspecified atom stereocenters. The molecule has 0 bridgehead atoms. The molecule has 110 valence electrons. The third-order valence-corrected chi connectivity index (χ3v) is 3.81. The van der Waals surface area contributed by atoms with Crippen molar-refractivity contribution in [1.82, 2.24) is 0 Å². The van der Waals surface area contributed by atoms with Crippen molar-refractivity contribution in [3.05, 3.63) is 35.4 Å². The molecule has 1 aliphatic rings. The predicted octanol–water partition coefficient (Wildman–Crippen LogP) is 3.32. The van der Waals surface area contributed by atoms with Gasteiger partial charge in [0.2, 0.25) is 5.78 Å². The average Bonchev–Trinajstić information content (AvgIpc) is 2.42. The van der Waals surface area contributed by atoms with E-state index in [2.05, 4.69) is 4.99 Å². The van der Waals surface area contributed by atoms with Crippen molar-refractivity contribution in [1.29, 1.82) is 5.41 Å². The Labute approximate surface area is 125 Å². The zero-order valence-electron chi connectivity index (χ0n) is 13.2. The van der Waals surface area contributed by atoms with Crippen molar-refractivity contribution in [2.24, 2.45) is 10.9 Å². The number of nitrogens with zero attached hydrogens (tertiary/aromatic N) is 2. The molecule has 0 heterocycles. The van der Waals surface area contributed by atoms with E-state index in [1.54, 1.807) is 6.92 Å². The molecule has 1 atom stereocenters. The van der Waals surface area contributed by atoms with Crippen molar-refractivity contribution < 1.29 is 4.79 Å². The highest BCUT2D eigenvalue weighted by molar-refractivity contribution is 6.51. The van der Waals surface area contributed by atoms with Gasteiger partial charge in [0, 0.05) is 31.4 Å². The van der Waals surface area contributed by atoms with E-state index in [1.807, 2.05) is 51.0 Å². The van der Waals surface area contributed by atoms with Crippen molar-refractivity contribution >= 4 is 28.6 Å². The van der Waals surface area contributed by atoms with Crippen LogP contribution in [0.1, 0.15) is 19.4 Å². The Hall–Kier alpha value is -2.23. The first kappa shape index (κ1) is 15.2. The van der Waals surface area contributed by atoms with Crippen LogP contribution in [0.4, 0.5) is 11.4 Å². The van der Waals surface area contributed by atoms with Crippen LogP contribution in [-0.2, 0) is 4.79 Å². The molecule has 0 amide bonds. The molecule has 4 heteroatoms. The van der Waals surface area contributed by atoms with E-state index in [0.29, 0.717) is 11.4 Å². The molecule has 1 aromatic rings. The van der Waals surface area contributed by atoms with Crippen LogP contribution in [0.5, 0.6) is 0 Å². The molecule has 1 aromatic carbocycles. The molecule has 0 saturated heterocycles. The summed E-state index contributed by atoms with van der Waals surface area (Å²) < 4.78 is 0. The molecule has 0 fully saturated rings. The smallest absolute Gasteiger partial charge is 0.201 e. The quantitative estimate of drug-likeness (QED) is 0.905. The van der Waals surface area contributed by atoms with E-state index in [1.165, 1.54) is 6.08 Å². The maximum absolute atomic E-state index is 12.1. The fourth-order valence-corrected chi connectivity index (χ4v) is 2.36. The summed E-state index contributed by atoms with van der Waals surface area (Å²) in [6, 6.07) is 5.95. The summed E-state index contributed by atoms with van der Waals surface area (Å²) in [5, 5.41) is 8.02. The minimum absolute atomic E-state index is 0.0907. The average molecular weight is 283 g/mol. The van der Waals surface area contributed by atoms with Crippen LogP contribution in [0, 0.1) is 18.3 Å². The second kappa shape index (κ2) is 5.64. The minimum Gasteiger partial charge on any atom is -0.378 e. The third kappa shape index (κ3) is 2.94. The Balaban J connectivity index is 2.44. The van der Waals surface area contributed by atoms with Gasteiger partial charge in [-0.2, -0.15) is 0 Å². The van der Waals surface area contributed by atoms with Gasteiger partial charge in [0.15, 0.2) is 0 Å². The molecule has 0 radical (unpaired) electrons. The highest BCUT2D eigenvalue weighted by Gasteiger charge is 2.27. The number of ketones is 1. The molecular weight excluding hydrogens is 262 g/mol. The highest BCUT2D eigenvalue weighted by Crippen LogP contribution is 2.26. The summed E-state index contributed by atoms with van der Waals surface area (Å²) in [5.74, 6) is -0.345. The number of aryl methyl sites for hydroxylation is 1. The van der Waals surface area contributed by atoms with Crippen LogP contribution < -0.4 is 4.90 Å². The number of hydrogen-bond acceptors (Lipinski definition) is 4. The molecule has 1 N–H and O–H groups in total. The van der Waals surface area contributed by atoms with Crippen molar-refractivity contribution in [3.8, 4) is 0 Å². The van der Waals surface area contributed by atoms with Crippen molar-refractivity contribution in [2.45, 2.75) is 20.8 Å². The number of nitrogens with one attached hydrogen (secondary N) is 1. The Kier molecular flexibility index (Phi) is 4.07. The largest absolute Gasteiger partial charge is 0.378 e. The number of benzene rings is 1. The second-order valence-electron chi connectivity index (χ2n) is 5.69. The Morgan fingerprint density at radius 2 is 1.90 bits per heavy atom. The fraction of sp³-hybridized carbons (Fsp3) is 0.353. The number of aliphatic imine (C=N–C) groups is 1. The molecule has 21 heavy (non-hydrogen) atoms. The summed E-state index contributed by atoms with van der Waals surface area (Å²) in [7, 11) is 3.98. The molecule has 0 aromatic heterocycles. The first-order valence-corrected chi connectivity index (χ1v) is 6.99. The van der Waals surface area contributed by atoms with Gasteiger partial charge < -0.3 is 10.3 Å². The topological polar surface area (TPSA) is 56.5 Å². The summed E-state index contributed by atoms with van der Waals surface area (Å²) >= 11 is 0. The number of anilines is 1. The molecule has 0 spiro atoms. The summed E-state index contributed by atoms with van der Waals surface area (Å²) in [5.41, 5.74) is 4.55.